The molecule has 2 aromatic rings. The van der Waals surface area contributed by atoms with E-state index in [1.807, 2.05) is 25.0 Å². The monoisotopic (exact) mass is 383 g/mol. The maximum atomic E-state index is 4.64. The Balaban J connectivity index is 1.97. The Morgan fingerprint density at radius 2 is 2.19 bits per heavy atom. The van der Waals surface area contributed by atoms with Crippen LogP contribution in [0.1, 0.15) is 25.3 Å². The van der Waals surface area contributed by atoms with Crippen LogP contribution in [-0.2, 0) is 0 Å². The maximum Gasteiger partial charge on any atom is 0.146 e. The van der Waals surface area contributed by atoms with Crippen molar-refractivity contribution in [3.63, 3.8) is 0 Å². The lowest BCUT2D eigenvalue weighted by atomic mass is 9.93. The molecule has 0 aliphatic carbocycles. The van der Waals surface area contributed by atoms with Crippen LogP contribution < -0.4 is 15.5 Å². The highest BCUT2D eigenvalue weighted by Gasteiger charge is 2.28. The number of benzene rings is 1. The van der Waals surface area contributed by atoms with Crippen LogP contribution in [0.25, 0.3) is 10.8 Å². The van der Waals surface area contributed by atoms with Crippen molar-refractivity contribution in [1.29, 1.82) is 0 Å². The van der Waals surface area contributed by atoms with Gasteiger partial charge in [-0.1, -0.05) is 19.9 Å². The maximum absolute atomic E-state index is 4.64. The van der Waals surface area contributed by atoms with E-state index < -0.39 is 0 Å². The molecule has 1 aliphatic rings. The number of thioether (sulfide) groups is 1. The Morgan fingerprint density at radius 1 is 1.41 bits per heavy atom. The van der Waals surface area contributed by atoms with Gasteiger partial charge in [-0.15, -0.1) is 0 Å². The lowest BCUT2D eigenvalue weighted by Gasteiger charge is -2.41. The first-order chi connectivity index (χ1) is 13.1. The quantitative estimate of drug-likeness (QED) is 0.666. The predicted molar refractivity (Wildman–Crippen MR) is 120 cm³/mol. The number of fused-ring (bicyclic) bond motifs is 1. The van der Waals surface area contributed by atoms with Gasteiger partial charge in [0.1, 0.15) is 11.6 Å². The van der Waals surface area contributed by atoms with Gasteiger partial charge in [0.05, 0.1) is 0 Å². The van der Waals surface area contributed by atoms with Crippen molar-refractivity contribution in [2.75, 3.05) is 42.4 Å². The zero-order chi connectivity index (χ0) is 19.4. The number of hydrogen-bond acceptors (Lipinski definition) is 6. The van der Waals surface area contributed by atoms with Crippen molar-refractivity contribution in [2.24, 2.45) is 10.9 Å². The summed E-state index contributed by atoms with van der Waals surface area (Å²) >= 11 is 1.93. The highest BCUT2D eigenvalue weighted by molar-refractivity contribution is 7.98. The average Bonchev–Trinajstić information content (AvgIpc) is 2.63. The fourth-order valence-corrected chi connectivity index (χ4v) is 4.27. The topological polar surface area (TPSA) is 52.6 Å². The Labute approximate surface area is 166 Å². The number of nitrogens with one attached hydrogen (secondary N) is 2. The van der Waals surface area contributed by atoms with Crippen LogP contribution in [-0.4, -0.2) is 43.8 Å². The zero-order valence-corrected chi connectivity index (χ0v) is 17.4. The molecule has 1 aromatic heterocycles. The molecular weight excluding hydrogens is 354 g/mol. The third-order valence-electron chi connectivity index (χ3n) is 4.94. The van der Waals surface area contributed by atoms with Crippen LogP contribution in [0.3, 0.4) is 0 Å². The number of aromatic nitrogens is 1. The smallest absolute Gasteiger partial charge is 0.146 e. The van der Waals surface area contributed by atoms with Crippen LogP contribution in [0, 0.1) is 5.92 Å². The van der Waals surface area contributed by atoms with Crippen molar-refractivity contribution in [3.8, 4) is 0 Å². The zero-order valence-electron chi connectivity index (χ0n) is 16.6. The molecule has 1 saturated heterocycles. The van der Waals surface area contributed by atoms with Crippen LogP contribution in [0.15, 0.2) is 41.4 Å². The molecule has 0 spiro atoms. The molecule has 1 aromatic carbocycles. The summed E-state index contributed by atoms with van der Waals surface area (Å²) in [6.07, 6.45) is 5.94. The minimum Gasteiger partial charge on any atom is -0.391 e. The van der Waals surface area contributed by atoms with Crippen molar-refractivity contribution in [2.45, 2.75) is 19.8 Å². The van der Waals surface area contributed by atoms with Gasteiger partial charge in [-0.25, -0.2) is 9.98 Å². The first-order valence-corrected chi connectivity index (χ1v) is 10.7. The SMILES string of the molecule is C=N/C(=C\NC)Nc1cc2c(C(C)C)ccc(N3CC(CSC)C3)c2cn1. The molecule has 3 rings (SSSR count). The summed E-state index contributed by atoms with van der Waals surface area (Å²) in [6.45, 7) is 10.3. The molecule has 0 amide bonds. The van der Waals surface area contributed by atoms with Crippen LogP contribution in [0.5, 0.6) is 0 Å². The van der Waals surface area contributed by atoms with E-state index in [1.54, 1.807) is 6.20 Å². The minimum atomic E-state index is 0.447. The summed E-state index contributed by atoms with van der Waals surface area (Å²) in [5.74, 6) is 3.90. The van der Waals surface area contributed by atoms with Crippen molar-refractivity contribution < 1.29 is 0 Å². The van der Waals surface area contributed by atoms with E-state index in [9.17, 15) is 0 Å². The second kappa shape index (κ2) is 8.65. The average molecular weight is 384 g/mol. The van der Waals surface area contributed by atoms with Gasteiger partial charge < -0.3 is 15.5 Å². The lowest BCUT2D eigenvalue weighted by molar-refractivity contribution is 0.456. The first-order valence-electron chi connectivity index (χ1n) is 9.35. The second-order valence-corrected chi connectivity index (χ2v) is 8.18. The molecule has 0 atom stereocenters. The molecule has 0 bridgehead atoms. The van der Waals surface area contributed by atoms with E-state index in [-0.39, 0.29) is 0 Å². The van der Waals surface area contributed by atoms with E-state index in [1.165, 1.54) is 27.8 Å². The number of hydrogen-bond donors (Lipinski definition) is 2. The fourth-order valence-electron chi connectivity index (χ4n) is 3.59. The molecule has 1 fully saturated rings. The van der Waals surface area contributed by atoms with Gasteiger partial charge in [0, 0.05) is 49.5 Å². The predicted octanol–water partition coefficient (Wildman–Crippen LogP) is 4.29. The van der Waals surface area contributed by atoms with Gasteiger partial charge in [-0.3, -0.25) is 0 Å². The molecule has 0 saturated carbocycles. The van der Waals surface area contributed by atoms with Crippen molar-refractivity contribution in [3.05, 3.63) is 42.0 Å². The van der Waals surface area contributed by atoms with Crippen molar-refractivity contribution in [1.82, 2.24) is 10.3 Å². The fraction of sp³-hybridized carbons (Fsp3) is 0.429. The lowest BCUT2D eigenvalue weighted by Crippen LogP contribution is -2.48. The number of nitrogens with zero attached hydrogens (tertiary/aromatic N) is 3. The molecule has 1 aliphatic heterocycles. The summed E-state index contributed by atoms with van der Waals surface area (Å²) in [4.78, 5) is 11.1. The molecule has 5 nitrogen and oxygen atoms in total. The summed E-state index contributed by atoms with van der Waals surface area (Å²) in [7, 11) is 1.83. The molecule has 6 heteroatoms. The van der Waals surface area contributed by atoms with Gasteiger partial charge in [0.2, 0.25) is 0 Å². The molecule has 0 radical (unpaired) electrons. The van der Waals surface area contributed by atoms with Crippen LogP contribution in [0.4, 0.5) is 11.5 Å². The number of pyridine rings is 1. The third-order valence-corrected chi connectivity index (χ3v) is 5.75. The highest BCUT2D eigenvalue weighted by atomic mass is 32.2. The van der Waals surface area contributed by atoms with E-state index in [0.717, 1.165) is 24.8 Å². The summed E-state index contributed by atoms with van der Waals surface area (Å²) in [5.41, 5.74) is 2.63. The van der Waals surface area contributed by atoms with Crippen LogP contribution >= 0.6 is 11.8 Å². The Bertz CT molecular complexity index is 840. The number of anilines is 2. The van der Waals surface area contributed by atoms with Gasteiger partial charge in [0.25, 0.3) is 0 Å². The van der Waals surface area contributed by atoms with Gasteiger partial charge in [-0.2, -0.15) is 11.8 Å². The third kappa shape index (κ3) is 4.21. The van der Waals surface area contributed by atoms with Crippen LogP contribution in [0.2, 0.25) is 0 Å². The summed E-state index contributed by atoms with van der Waals surface area (Å²) in [6, 6.07) is 6.66. The van der Waals surface area contributed by atoms with Gasteiger partial charge >= 0.3 is 0 Å². The Morgan fingerprint density at radius 3 is 2.81 bits per heavy atom. The molecule has 144 valence electrons. The second-order valence-electron chi connectivity index (χ2n) is 7.27. The van der Waals surface area contributed by atoms with E-state index >= 15 is 0 Å². The first kappa shape index (κ1) is 19.5. The molecule has 2 N–H and O–H groups in total. The summed E-state index contributed by atoms with van der Waals surface area (Å²) in [5, 5.41) is 8.67. The summed E-state index contributed by atoms with van der Waals surface area (Å²) < 4.78 is 0. The van der Waals surface area contributed by atoms with E-state index in [0.29, 0.717) is 11.7 Å². The van der Waals surface area contributed by atoms with Gasteiger partial charge in [-0.05, 0) is 47.7 Å². The van der Waals surface area contributed by atoms with E-state index in [4.69, 9.17) is 0 Å². The molecule has 27 heavy (non-hydrogen) atoms. The Kier molecular flexibility index (Phi) is 6.26. The molecule has 2 heterocycles. The standard InChI is InChI=1S/C21H29N5S/c1-14(2)16-6-7-19(26-11-15(12-26)13-27-5)18-9-24-20(8-17(16)18)25-21(23-4)10-22-3/h6-10,14-15,22H,4,11-13H2,1-3,5H3,(H,24,25)/b21-10+. The van der Waals surface area contributed by atoms with Gasteiger partial charge in [0.15, 0.2) is 0 Å². The Hall–Kier alpha value is -2.21. The number of aliphatic imine (C=N–C) groups is 1. The molecular formula is C21H29N5S. The molecule has 0 unspecified atom stereocenters. The normalized spacial score (nSPS) is 15.1. The minimum absolute atomic E-state index is 0.447. The highest BCUT2D eigenvalue weighted by Crippen LogP contribution is 2.37. The largest absolute Gasteiger partial charge is 0.391 e. The van der Waals surface area contributed by atoms with E-state index in [2.05, 4.69) is 70.5 Å². The number of rotatable bonds is 8. The van der Waals surface area contributed by atoms with Crippen molar-refractivity contribution >= 4 is 40.8 Å².